The van der Waals surface area contributed by atoms with E-state index in [0.717, 1.165) is 17.7 Å². The summed E-state index contributed by atoms with van der Waals surface area (Å²) in [6.45, 7) is 0. The molecule has 3 atom stereocenters. The quantitative estimate of drug-likeness (QED) is 0.944. The summed E-state index contributed by atoms with van der Waals surface area (Å²) < 4.78 is 0. The fraction of sp³-hybridized carbons (Fsp3) is 0.263. The van der Waals surface area contributed by atoms with Crippen LogP contribution in [0, 0.1) is 0 Å². The number of nitrogens with one attached hydrogen (secondary N) is 1. The Morgan fingerprint density at radius 1 is 1.04 bits per heavy atom. The van der Waals surface area contributed by atoms with Crippen molar-refractivity contribution in [2.45, 2.75) is 30.9 Å². The fourth-order valence-electron chi connectivity index (χ4n) is 3.02. The molecule has 0 unspecified atom stereocenters. The smallest absolute Gasteiger partial charge is 0.264 e. The summed E-state index contributed by atoms with van der Waals surface area (Å²) in [5.74, 6) is 0.360. The van der Waals surface area contributed by atoms with Gasteiger partial charge in [-0.3, -0.25) is 4.79 Å². The molecule has 0 aromatic heterocycles. The second-order valence-corrected chi connectivity index (χ2v) is 6.07. The Labute approximate surface area is 135 Å². The van der Waals surface area contributed by atoms with Crippen molar-refractivity contribution in [3.8, 4) is 0 Å². The zero-order valence-electron chi connectivity index (χ0n) is 12.7. The van der Waals surface area contributed by atoms with E-state index in [-0.39, 0.29) is 11.9 Å². The zero-order valence-corrected chi connectivity index (χ0v) is 12.7. The molecule has 2 aliphatic rings. The lowest BCUT2D eigenvalue weighted by molar-refractivity contribution is -0.131. The molecule has 0 radical (unpaired) electrons. The van der Waals surface area contributed by atoms with Gasteiger partial charge in [-0.15, -0.1) is 0 Å². The number of benzene rings is 2. The molecule has 4 nitrogen and oxygen atoms in total. The Morgan fingerprint density at radius 2 is 1.74 bits per heavy atom. The monoisotopic (exact) mass is 306 g/mol. The zero-order chi connectivity index (χ0) is 15.6. The Kier molecular flexibility index (Phi) is 3.58. The summed E-state index contributed by atoms with van der Waals surface area (Å²) in [5.41, 5.74) is 3.13. The van der Waals surface area contributed by atoms with Gasteiger partial charge in [0.25, 0.3) is 5.91 Å². The van der Waals surface area contributed by atoms with E-state index in [4.69, 9.17) is 4.84 Å². The van der Waals surface area contributed by atoms with Gasteiger partial charge in [0.05, 0.1) is 5.71 Å². The van der Waals surface area contributed by atoms with E-state index in [1.54, 1.807) is 0 Å². The predicted molar refractivity (Wildman–Crippen MR) is 88.2 cm³/mol. The van der Waals surface area contributed by atoms with Gasteiger partial charge in [0, 0.05) is 18.4 Å². The molecule has 0 bridgehead atoms. The van der Waals surface area contributed by atoms with Crippen LogP contribution in [-0.2, 0) is 9.63 Å². The molecule has 2 aromatic rings. The highest BCUT2D eigenvalue weighted by Gasteiger charge is 2.41. The minimum Gasteiger partial charge on any atom is -0.382 e. The maximum Gasteiger partial charge on any atom is 0.264 e. The molecular weight excluding hydrogens is 288 g/mol. The Balaban J connectivity index is 1.32. The molecule has 1 fully saturated rings. The first-order valence-electron chi connectivity index (χ1n) is 7.95. The highest BCUT2D eigenvalue weighted by Crippen LogP contribution is 2.40. The van der Waals surface area contributed by atoms with Gasteiger partial charge < -0.3 is 10.2 Å². The van der Waals surface area contributed by atoms with E-state index in [2.05, 4.69) is 22.6 Å². The molecule has 23 heavy (non-hydrogen) atoms. The van der Waals surface area contributed by atoms with E-state index in [9.17, 15) is 4.79 Å². The number of oxime groups is 1. The van der Waals surface area contributed by atoms with Crippen LogP contribution in [0.2, 0.25) is 0 Å². The standard InChI is InChI=1S/C19H18N2O2/c22-19(20-17-11-15(17)13-7-3-1-4-8-13)18-12-16(21-23-18)14-9-5-2-6-10-14/h1-10,15,17-18H,11-12H2,(H,20,22)/t15-,17-,18-/m1/s1. The lowest BCUT2D eigenvalue weighted by Crippen LogP contribution is -2.36. The summed E-state index contributed by atoms with van der Waals surface area (Å²) in [5, 5.41) is 7.15. The van der Waals surface area contributed by atoms with Gasteiger partial charge in [0.2, 0.25) is 6.10 Å². The van der Waals surface area contributed by atoms with Crippen LogP contribution >= 0.6 is 0 Å². The van der Waals surface area contributed by atoms with Gasteiger partial charge in [-0.05, 0) is 17.5 Å². The van der Waals surface area contributed by atoms with E-state index >= 15 is 0 Å². The molecule has 1 aliphatic carbocycles. The van der Waals surface area contributed by atoms with Gasteiger partial charge in [-0.1, -0.05) is 65.8 Å². The molecule has 1 heterocycles. The van der Waals surface area contributed by atoms with Crippen molar-refractivity contribution in [3.63, 3.8) is 0 Å². The van der Waals surface area contributed by atoms with Crippen molar-refractivity contribution < 1.29 is 9.63 Å². The van der Waals surface area contributed by atoms with Gasteiger partial charge in [0.15, 0.2) is 0 Å². The second kappa shape index (κ2) is 5.88. The third-order valence-corrected chi connectivity index (χ3v) is 4.41. The lowest BCUT2D eigenvalue weighted by atomic mass is 10.0. The van der Waals surface area contributed by atoms with Crippen LogP contribution in [-0.4, -0.2) is 23.8 Å². The Morgan fingerprint density at radius 3 is 2.48 bits per heavy atom. The topological polar surface area (TPSA) is 50.7 Å². The number of nitrogens with zero attached hydrogens (tertiary/aromatic N) is 1. The van der Waals surface area contributed by atoms with Gasteiger partial charge >= 0.3 is 0 Å². The van der Waals surface area contributed by atoms with Crippen LogP contribution in [0.5, 0.6) is 0 Å². The minimum atomic E-state index is -0.512. The fourth-order valence-corrected chi connectivity index (χ4v) is 3.02. The van der Waals surface area contributed by atoms with Crippen LogP contribution in [0.1, 0.15) is 29.9 Å². The molecule has 1 aliphatic heterocycles. The average molecular weight is 306 g/mol. The van der Waals surface area contributed by atoms with Crippen molar-refractivity contribution >= 4 is 11.6 Å². The number of carbonyl (C=O) groups excluding carboxylic acids is 1. The number of hydrogen-bond donors (Lipinski definition) is 1. The Hall–Kier alpha value is -2.62. The van der Waals surface area contributed by atoms with Crippen molar-refractivity contribution in [1.29, 1.82) is 0 Å². The lowest BCUT2D eigenvalue weighted by Gasteiger charge is -2.09. The summed E-state index contributed by atoms with van der Waals surface area (Å²) in [6.07, 6.45) is 1.01. The molecule has 0 saturated heterocycles. The highest BCUT2D eigenvalue weighted by molar-refractivity contribution is 6.04. The normalized spacial score (nSPS) is 25.4. The van der Waals surface area contributed by atoms with Gasteiger partial charge in [0.1, 0.15) is 0 Å². The van der Waals surface area contributed by atoms with E-state index < -0.39 is 6.10 Å². The first-order chi connectivity index (χ1) is 11.3. The maximum atomic E-state index is 12.3. The molecule has 0 spiro atoms. The van der Waals surface area contributed by atoms with Crippen LogP contribution < -0.4 is 5.32 Å². The average Bonchev–Trinajstić information content (AvgIpc) is 3.19. The molecule has 1 amide bonds. The van der Waals surface area contributed by atoms with E-state index in [0.29, 0.717) is 12.3 Å². The first-order valence-corrected chi connectivity index (χ1v) is 7.95. The summed E-state index contributed by atoms with van der Waals surface area (Å²) in [4.78, 5) is 17.7. The van der Waals surface area contributed by atoms with E-state index in [1.165, 1.54) is 5.56 Å². The summed E-state index contributed by atoms with van der Waals surface area (Å²) >= 11 is 0. The van der Waals surface area contributed by atoms with Crippen molar-refractivity contribution in [3.05, 3.63) is 71.8 Å². The third kappa shape index (κ3) is 2.97. The molecular formula is C19H18N2O2. The first kappa shape index (κ1) is 14.0. The molecule has 1 N–H and O–H groups in total. The molecule has 4 rings (SSSR count). The number of rotatable bonds is 4. The Bertz CT molecular complexity index is 728. The molecule has 116 valence electrons. The maximum absolute atomic E-state index is 12.3. The van der Waals surface area contributed by atoms with Crippen LogP contribution in [0.15, 0.2) is 65.8 Å². The molecule has 1 saturated carbocycles. The van der Waals surface area contributed by atoms with Crippen molar-refractivity contribution in [2.24, 2.45) is 5.16 Å². The second-order valence-electron chi connectivity index (χ2n) is 6.07. The molecule has 4 heteroatoms. The third-order valence-electron chi connectivity index (χ3n) is 4.41. The van der Waals surface area contributed by atoms with E-state index in [1.807, 2.05) is 48.5 Å². The van der Waals surface area contributed by atoms with Crippen LogP contribution in [0.3, 0.4) is 0 Å². The number of carbonyl (C=O) groups is 1. The largest absolute Gasteiger partial charge is 0.382 e. The van der Waals surface area contributed by atoms with Crippen LogP contribution in [0.4, 0.5) is 0 Å². The van der Waals surface area contributed by atoms with Crippen molar-refractivity contribution in [1.82, 2.24) is 5.32 Å². The number of hydrogen-bond acceptors (Lipinski definition) is 3. The minimum absolute atomic E-state index is 0.0666. The van der Waals surface area contributed by atoms with Crippen molar-refractivity contribution in [2.75, 3.05) is 0 Å². The highest BCUT2D eigenvalue weighted by atomic mass is 16.6. The number of amides is 1. The SMILES string of the molecule is O=C(N[C@@H]1C[C@@H]1c1ccccc1)[C@H]1CC(c2ccccc2)=NO1. The summed E-state index contributed by atoms with van der Waals surface area (Å²) in [6, 6.07) is 20.4. The predicted octanol–water partition coefficient (Wildman–Crippen LogP) is 2.85. The van der Waals surface area contributed by atoms with Crippen LogP contribution in [0.25, 0.3) is 0 Å². The summed E-state index contributed by atoms with van der Waals surface area (Å²) in [7, 11) is 0. The van der Waals surface area contributed by atoms with Gasteiger partial charge in [-0.2, -0.15) is 0 Å². The molecule has 2 aromatic carbocycles. The van der Waals surface area contributed by atoms with Gasteiger partial charge in [-0.25, -0.2) is 0 Å².